The number of nitrogens with two attached hydrogens (primary N) is 1. The van der Waals surface area contributed by atoms with Gasteiger partial charge in [0.25, 0.3) is 5.91 Å². The molecular weight excluding hydrogens is 406 g/mol. The number of aryl methyl sites for hydroxylation is 1. The Kier molecular flexibility index (Phi) is 5.52. The zero-order valence-corrected chi connectivity index (χ0v) is 18.3. The summed E-state index contributed by atoms with van der Waals surface area (Å²) in [4.78, 5) is 39.0. The Bertz CT molecular complexity index is 1220. The zero-order valence-electron chi connectivity index (χ0n) is 18.3. The third kappa shape index (κ3) is 3.87. The number of anilines is 2. The molecular formula is C24H25N5O3. The van der Waals surface area contributed by atoms with Crippen molar-refractivity contribution < 1.29 is 14.4 Å². The first-order chi connectivity index (χ1) is 15.3. The highest BCUT2D eigenvalue weighted by atomic mass is 16.2. The first-order valence-corrected chi connectivity index (χ1v) is 10.4. The molecule has 0 unspecified atom stereocenters. The zero-order chi connectivity index (χ0) is 23.0. The summed E-state index contributed by atoms with van der Waals surface area (Å²) >= 11 is 0. The largest absolute Gasteiger partial charge is 0.383 e. The molecule has 8 heteroatoms. The first kappa shape index (κ1) is 21.3. The fourth-order valence-corrected chi connectivity index (χ4v) is 3.68. The number of carbonyl (C=O) groups excluding carboxylic acids is 3. The van der Waals surface area contributed by atoms with Crippen LogP contribution in [0.5, 0.6) is 0 Å². The molecule has 3 N–H and O–H groups in total. The Morgan fingerprint density at radius 3 is 2.59 bits per heavy atom. The number of nitrogen functional groups attached to an aromatic ring is 1. The minimum atomic E-state index is -0.332. The molecule has 2 aromatic carbocycles. The summed E-state index contributed by atoms with van der Waals surface area (Å²) in [5.74, 6) is -0.308. The molecule has 1 aliphatic carbocycles. The maximum Gasteiger partial charge on any atom is 0.251 e. The molecule has 1 saturated carbocycles. The van der Waals surface area contributed by atoms with Crippen LogP contribution in [0.4, 0.5) is 11.5 Å². The van der Waals surface area contributed by atoms with Crippen molar-refractivity contribution in [3.05, 3.63) is 70.4 Å². The molecule has 3 aromatic rings. The van der Waals surface area contributed by atoms with E-state index in [-0.39, 0.29) is 29.1 Å². The molecule has 1 aromatic heterocycles. The van der Waals surface area contributed by atoms with Gasteiger partial charge in [-0.2, -0.15) is 5.10 Å². The molecule has 1 aliphatic rings. The summed E-state index contributed by atoms with van der Waals surface area (Å²) in [7, 11) is 3.54. The molecule has 0 bridgehead atoms. The van der Waals surface area contributed by atoms with Gasteiger partial charge in [0.2, 0.25) is 0 Å². The highest BCUT2D eigenvalue weighted by molar-refractivity contribution is 6.16. The van der Waals surface area contributed by atoms with Gasteiger partial charge in [-0.3, -0.25) is 14.4 Å². The lowest BCUT2D eigenvalue weighted by molar-refractivity contribution is 0.0950. The van der Waals surface area contributed by atoms with Gasteiger partial charge in [0.1, 0.15) is 5.82 Å². The number of ketones is 1. The maximum atomic E-state index is 13.4. The third-order valence-corrected chi connectivity index (χ3v) is 5.55. The molecule has 0 spiro atoms. The van der Waals surface area contributed by atoms with Gasteiger partial charge in [-0.25, -0.2) is 4.68 Å². The molecule has 1 fully saturated rings. The van der Waals surface area contributed by atoms with Crippen LogP contribution in [0.25, 0.3) is 5.69 Å². The predicted octanol–water partition coefficient (Wildman–Crippen LogP) is 2.76. The lowest BCUT2D eigenvalue weighted by Crippen LogP contribution is -2.25. The van der Waals surface area contributed by atoms with E-state index in [2.05, 4.69) is 10.4 Å². The SMILES string of the molecule is Cc1ccc(C(=O)NC2CC2)cc1-n1ncc(C(=O)c2cccc(C=O)c2N(C)C)c1N. The topological polar surface area (TPSA) is 110 Å². The lowest BCUT2D eigenvalue weighted by atomic mass is 9.99. The summed E-state index contributed by atoms with van der Waals surface area (Å²) < 4.78 is 1.47. The van der Waals surface area contributed by atoms with Gasteiger partial charge in [0.15, 0.2) is 12.1 Å². The molecule has 1 amide bonds. The van der Waals surface area contributed by atoms with Gasteiger partial charge >= 0.3 is 0 Å². The molecule has 4 rings (SSSR count). The molecule has 8 nitrogen and oxygen atoms in total. The Balaban J connectivity index is 1.73. The second kappa shape index (κ2) is 8.30. The number of nitrogens with one attached hydrogen (secondary N) is 1. The number of hydrogen-bond donors (Lipinski definition) is 2. The molecule has 0 saturated heterocycles. The second-order valence-electron chi connectivity index (χ2n) is 8.19. The van der Waals surface area contributed by atoms with Crippen LogP contribution < -0.4 is 16.0 Å². The summed E-state index contributed by atoms with van der Waals surface area (Å²) in [6, 6.07) is 10.6. The number of amides is 1. The van der Waals surface area contributed by atoms with E-state index in [0.717, 1.165) is 24.7 Å². The summed E-state index contributed by atoms with van der Waals surface area (Å²) in [6.07, 6.45) is 4.14. The highest BCUT2D eigenvalue weighted by Gasteiger charge is 2.25. The Labute approximate surface area is 186 Å². The van der Waals surface area contributed by atoms with E-state index in [9.17, 15) is 14.4 Å². The van der Waals surface area contributed by atoms with Crippen LogP contribution in [0.1, 0.15) is 55.0 Å². The van der Waals surface area contributed by atoms with Gasteiger partial charge in [-0.05, 0) is 49.6 Å². The number of carbonyl (C=O) groups is 3. The van der Waals surface area contributed by atoms with E-state index >= 15 is 0 Å². The van der Waals surface area contributed by atoms with Gasteiger partial charge in [0.05, 0.1) is 23.1 Å². The highest BCUT2D eigenvalue weighted by Crippen LogP contribution is 2.29. The number of para-hydroxylation sites is 1. The smallest absolute Gasteiger partial charge is 0.251 e. The van der Waals surface area contributed by atoms with Crippen LogP contribution in [0.3, 0.4) is 0 Å². The van der Waals surface area contributed by atoms with Crippen LogP contribution in [-0.4, -0.2) is 47.9 Å². The van der Waals surface area contributed by atoms with Crippen LogP contribution in [0.15, 0.2) is 42.6 Å². The first-order valence-electron chi connectivity index (χ1n) is 10.4. The maximum absolute atomic E-state index is 13.4. The third-order valence-electron chi connectivity index (χ3n) is 5.55. The van der Waals surface area contributed by atoms with Crippen LogP contribution in [0.2, 0.25) is 0 Å². The number of aldehydes is 1. The minimum absolute atomic E-state index is 0.142. The molecule has 0 aliphatic heterocycles. The summed E-state index contributed by atoms with van der Waals surface area (Å²) in [6.45, 7) is 1.89. The van der Waals surface area contributed by atoms with E-state index in [1.807, 2.05) is 13.0 Å². The Morgan fingerprint density at radius 2 is 1.94 bits per heavy atom. The van der Waals surface area contributed by atoms with Gasteiger partial charge in [-0.1, -0.05) is 12.1 Å². The van der Waals surface area contributed by atoms with Crippen molar-refractivity contribution in [3.63, 3.8) is 0 Å². The van der Waals surface area contributed by atoms with Crippen molar-refractivity contribution in [2.24, 2.45) is 0 Å². The van der Waals surface area contributed by atoms with Crippen molar-refractivity contribution in [1.29, 1.82) is 0 Å². The van der Waals surface area contributed by atoms with Crippen molar-refractivity contribution in [2.45, 2.75) is 25.8 Å². The van der Waals surface area contributed by atoms with Crippen LogP contribution in [0, 0.1) is 6.92 Å². The van der Waals surface area contributed by atoms with Gasteiger partial charge in [-0.15, -0.1) is 0 Å². The van der Waals surface area contributed by atoms with Crippen molar-refractivity contribution in [1.82, 2.24) is 15.1 Å². The second-order valence-corrected chi connectivity index (χ2v) is 8.19. The number of nitrogens with zero attached hydrogens (tertiary/aromatic N) is 3. The molecule has 0 radical (unpaired) electrons. The lowest BCUT2D eigenvalue weighted by Gasteiger charge is -2.18. The Hall–Kier alpha value is -3.94. The number of aromatic nitrogens is 2. The van der Waals surface area contributed by atoms with E-state index in [1.54, 1.807) is 49.3 Å². The quantitative estimate of drug-likeness (QED) is 0.440. The standard InChI is InChI=1S/C24H25N5O3/c1-14-7-8-15(24(32)27-17-9-10-17)11-20(14)29-23(25)19(12-26-29)22(31)18-6-4-5-16(13-30)21(18)28(2)3/h4-8,11-13,17H,9-10,25H2,1-3H3,(H,27,32). The van der Waals surface area contributed by atoms with E-state index in [4.69, 9.17) is 5.73 Å². The number of rotatable bonds is 7. The fraction of sp³-hybridized carbons (Fsp3) is 0.250. The van der Waals surface area contributed by atoms with Crippen LogP contribution in [-0.2, 0) is 0 Å². The van der Waals surface area contributed by atoms with E-state index < -0.39 is 0 Å². The number of benzene rings is 2. The van der Waals surface area contributed by atoms with Crippen molar-refractivity contribution >= 4 is 29.5 Å². The molecule has 32 heavy (non-hydrogen) atoms. The van der Waals surface area contributed by atoms with Gasteiger partial charge in [0, 0.05) is 36.8 Å². The normalized spacial score (nSPS) is 13.0. The average molecular weight is 431 g/mol. The average Bonchev–Trinajstić information content (AvgIpc) is 3.52. The van der Waals surface area contributed by atoms with Gasteiger partial charge < -0.3 is 16.0 Å². The fourth-order valence-electron chi connectivity index (χ4n) is 3.68. The summed E-state index contributed by atoms with van der Waals surface area (Å²) in [5.41, 5.74) is 9.87. The van der Waals surface area contributed by atoms with E-state index in [0.29, 0.717) is 28.1 Å². The van der Waals surface area contributed by atoms with Crippen molar-refractivity contribution in [2.75, 3.05) is 24.7 Å². The minimum Gasteiger partial charge on any atom is -0.383 e. The summed E-state index contributed by atoms with van der Waals surface area (Å²) in [5, 5.41) is 7.31. The molecule has 1 heterocycles. The molecule has 0 atom stereocenters. The monoisotopic (exact) mass is 431 g/mol. The number of hydrogen-bond acceptors (Lipinski definition) is 6. The molecule has 164 valence electrons. The van der Waals surface area contributed by atoms with Crippen molar-refractivity contribution in [3.8, 4) is 5.69 Å². The predicted molar refractivity (Wildman–Crippen MR) is 123 cm³/mol. The van der Waals surface area contributed by atoms with Crippen LogP contribution >= 0.6 is 0 Å². The van der Waals surface area contributed by atoms with E-state index in [1.165, 1.54) is 10.9 Å². The Morgan fingerprint density at radius 1 is 1.19 bits per heavy atom.